The molecule has 1 heterocycles. The van der Waals surface area contributed by atoms with Crippen molar-refractivity contribution in [3.63, 3.8) is 0 Å². The summed E-state index contributed by atoms with van der Waals surface area (Å²) in [5, 5.41) is 3.04. The molecular weight excluding hydrogens is 258 g/mol. The highest BCUT2D eigenvalue weighted by Crippen LogP contribution is 2.39. The maximum absolute atomic E-state index is 11.9. The average Bonchev–Trinajstić information content (AvgIpc) is 2.39. The molecule has 1 aliphatic rings. The normalized spacial score (nSPS) is 27.5. The van der Waals surface area contributed by atoms with Gasteiger partial charge in [0.05, 0.1) is 25.2 Å². The quantitative estimate of drug-likeness (QED) is 0.617. The smallest absolute Gasteiger partial charge is 0.335 e. The van der Waals surface area contributed by atoms with E-state index < -0.39 is 23.3 Å². The van der Waals surface area contributed by atoms with Crippen LogP contribution in [0.25, 0.3) is 0 Å². The molecule has 18 heavy (non-hydrogen) atoms. The molecule has 0 aromatic rings. The largest absolute Gasteiger partial charge is 0.469 e. The SMILES string of the molecule is COC(=O)C1=C(C)NCC(C)(C(=O)OC)C1CCl. The van der Waals surface area contributed by atoms with E-state index in [4.69, 9.17) is 21.1 Å². The molecule has 0 radical (unpaired) electrons. The third-order valence-electron chi connectivity index (χ3n) is 3.45. The summed E-state index contributed by atoms with van der Waals surface area (Å²) < 4.78 is 9.56. The maximum atomic E-state index is 11.9. The van der Waals surface area contributed by atoms with Gasteiger partial charge in [-0.1, -0.05) is 0 Å². The lowest BCUT2D eigenvalue weighted by atomic mass is 9.71. The lowest BCUT2D eigenvalue weighted by molar-refractivity contribution is -0.154. The number of alkyl halides is 1. The highest BCUT2D eigenvalue weighted by atomic mass is 35.5. The zero-order valence-electron chi connectivity index (χ0n) is 11.0. The molecular formula is C12H18ClNO4. The van der Waals surface area contributed by atoms with Crippen molar-refractivity contribution in [1.82, 2.24) is 5.32 Å². The predicted molar refractivity (Wildman–Crippen MR) is 67.1 cm³/mol. The highest BCUT2D eigenvalue weighted by molar-refractivity contribution is 6.19. The molecule has 0 saturated heterocycles. The molecule has 102 valence electrons. The molecule has 0 spiro atoms. The Morgan fingerprint density at radius 1 is 1.44 bits per heavy atom. The fraction of sp³-hybridized carbons (Fsp3) is 0.667. The highest BCUT2D eigenvalue weighted by Gasteiger charge is 2.48. The van der Waals surface area contributed by atoms with Gasteiger partial charge in [-0.05, 0) is 13.8 Å². The molecule has 0 fully saturated rings. The van der Waals surface area contributed by atoms with Crippen LogP contribution in [-0.4, -0.2) is 38.6 Å². The van der Waals surface area contributed by atoms with Gasteiger partial charge in [0, 0.05) is 24.0 Å². The first-order valence-corrected chi connectivity index (χ1v) is 6.13. The first-order valence-electron chi connectivity index (χ1n) is 5.59. The Bertz CT molecular complexity index is 394. The Morgan fingerprint density at radius 2 is 2.06 bits per heavy atom. The van der Waals surface area contributed by atoms with E-state index in [1.807, 2.05) is 0 Å². The van der Waals surface area contributed by atoms with Crippen LogP contribution in [0, 0.1) is 11.3 Å². The van der Waals surface area contributed by atoms with Crippen LogP contribution < -0.4 is 5.32 Å². The Hall–Kier alpha value is -1.23. The van der Waals surface area contributed by atoms with E-state index in [-0.39, 0.29) is 5.88 Å². The van der Waals surface area contributed by atoms with E-state index in [1.54, 1.807) is 13.8 Å². The minimum atomic E-state index is -0.875. The third kappa shape index (κ3) is 2.32. The molecule has 2 atom stereocenters. The number of halogens is 1. The van der Waals surface area contributed by atoms with Crippen molar-refractivity contribution in [3.05, 3.63) is 11.3 Å². The molecule has 0 bridgehead atoms. The number of ether oxygens (including phenoxy) is 2. The van der Waals surface area contributed by atoms with Crippen LogP contribution in [-0.2, 0) is 19.1 Å². The van der Waals surface area contributed by atoms with E-state index in [1.165, 1.54) is 14.2 Å². The van der Waals surface area contributed by atoms with Crippen LogP contribution in [0.1, 0.15) is 13.8 Å². The molecule has 2 unspecified atom stereocenters. The van der Waals surface area contributed by atoms with Gasteiger partial charge in [0.25, 0.3) is 0 Å². The number of esters is 2. The van der Waals surface area contributed by atoms with Gasteiger partial charge in [0.1, 0.15) is 0 Å². The minimum Gasteiger partial charge on any atom is -0.469 e. The molecule has 0 aromatic heterocycles. The standard InChI is InChI=1S/C12H18ClNO4/c1-7-9(10(15)17-3)8(5-13)12(2,6-14-7)11(16)18-4/h8,14H,5-6H2,1-4H3. The molecule has 0 amide bonds. The summed E-state index contributed by atoms with van der Waals surface area (Å²) in [4.78, 5) is 23.7. The predicted octanol–water partition coefficient (Wildman–Crippen LogP) is 1.07. The van der Waals surface area contributed by atoms with Gasteiger partial charge in [-0.25, -0.2) is 4.79 Å². The van der Waals surface area contributed by atoms with Crippen molar-refractivity contribution in [2.24, 2.45) is 11.3 Å². The summed E-state index contributed by atoms with van der Waals surface area (Å²) in [6.45, 7) is 3.88. The van der Waals surface area contributed by atoms with E-state index in [9.17, 15) is 9.59 Å². The van der Waals surface area contributed by atoms with Crippen LogP contribution in [0.5, 0.6) is 0 Å². The lowest BCUT2D eigenvalue weighted by Crippen LogP contribution is -2.51. The number of allylic oxidation sites excluding steroid dienone is 1. The number of nitrogens with one attached hydrogen (secondary N) is 1. The van der Waals surface area contributed by atoms with Crippen molar-refractivity contribution in [2.75, 3.05) is 26.6 Å². The number of rotatable bonds is 3. The number of hydrogen-bond donors (Lipinski definition) is 1. The van der Waals surface area contributed by atoms with E-state index in [0.717, 1.165) is 0 Å². The van der Waals surface area contributed by atoms with Gasteiger partial charge >= 0.3 is 11.9 Å². The van der Waals surface area contributed by atoms with Gasteiger partial charge in [0.15, 0.2) is 0 Å². The third-order valence-corrected chi connectivity index (χ3v) is 3.76. The molecule has 0 saturated carbocycles. The Labute approximate surface area is 111 Å². The Kier molecular flexibility index (Phi) is 4.62. The summed E-state index contributed by atoms with van der Waals surface area (Å²) in [6.07, 6.45) is 0. The second kappa shape index (κ2) is 5.61. The summed E-state index contributed by atoms with van der Waals surface area (Å²) in [5.74, 6) is -1.15. The molecule has 1 aliphatic heterocycles. The molecule has 6 heteroatoms. The summed E-state index contributed by atoms with van der Waals surface area (Å²) in [6, 6.07) is 0. The van der Waals surface area contributed by atoms with Crippen LogP contribution >= 0.6 is 11.6 Å². The number of hydrogen-bond acceptors (Lipinski definition) is 5. The van der Waals surface area contributed by atoms with Crippen molar-refractivity contribution in [1.29, 1.82) is 0 Å². The van der Waals surface area contributed by atoms with Crippen molar-refractivity contribution in [3.8, 4) is 0 Å². The lowest BCUT2D eigenvalue weighted by Gasteiger charge is -2.39. The first-order chi connectivity index (χ1) is 8.42. The first kappa shape index (κ1) is 14.8. The maximum Gasteiger partial charge on any atom is 0.335 e. The van der Waals surface area contributed by atoms with Gasteiger partial charge in [0.2, 0.25) is 0 Å². The topological polar surface area (TPSA) is 64.6 Å². The van der Waals surface area contributed by atoms with Crippen molar-refractivity contribution >= 4 is 23.5 Å². The zero-order valence-corrected chi connectivity index (χ0v) is 11.8. The number of carbonyl (C=O) groups excluding carboxylic acids is 2. The van der Waals surface area contributed by atoms with Crippen LogP contribution in [0.15, 0.2) is 11.3 Å². The van der Waals surface area contributed by atoms with Gasteiger partial charge in [-0.3, -0.25) is 4.79 Å². The Morgan fingerprint density at radius 3 is 2.50 bits per heavy atom. The monoisotopic (exact) mass is 275 g/mol. The van der Waals surface area contributed by atoms with Crippen LogP contribution in [0.4, 0.5) is 0 Å². The fourth-order valence-corrected chi connectivity index (χ4v) is 2.71. The molecule has 1 rings (SSSR count). The number of carbonyl (C=O) groups is 2. The summed E-state index contributed by atoms with van der Waals surface area (Å²) >= 11 is 5.95. The second-order valence-electron chi connectivity index (χ2n) is 4.50. The minimum absolute atomic E-state index is 0.148. The summed E-state index contributed by atoms with van der Waals surface area (Å²) in [5.41, 5.74) is 0.222. The van der Waals surface area contributed by atoms with Gasteiger partial charge in [-0.15, -0.1) is 11.6 Å². The van der Waals surface area contributed by atoms with Crippen molar-refractivity contribution in [2.45, 2.75) is 13.8 Å². The molecule has 1 N–H and O–H groups in total. The zero-order chi connectivity index (χ0) is 13.9. The van der Waals surface area contributed by atoms with E-state index in [0.29, 0.717) is 17.8 Å². The van der Waals surface area contributed by atoms with Gasteiger partial charge in [-0.2, -0.15) is 0 Å². The Balaban J connectivity index is 3.24. The average molecular weight is 276 g/mol. The number of methoxy groups -OCH3 is 2. The fourth-order valence-electron chi connectivity index (χ4n) is 2.21. The molecule has 0 aliphatic carbocycles. The molecule has 5 nitrogen and oxygen atoms in total. The van der Waals surface area contributed by atoms with Crippen molar-refractivity contribution < 1.29 is 19.1 Å². The van der Waals surface area contributed by atoms with Crippen LogP contribution in [0.3, 0.4) is 0 Å². The van der Waals surface area contributed by atoms with E-state index in [2.05, 4.69) is 5.32 Å². The molecule has 0 aromatic carbocycles. The van der Waals surface area contributed by atoms with E-state index >= 15 is 0 Å². The summed E-state index contributed by atoms with van der Waals surface area (Å²) in [7, 11) is 2.62. The second-order valence-corrected chi connectivity index (χ2v) is 4.81. The van der Waals surface area contributed by atoms with Gasteiger partial charge < -0.3 is 14.8 Å². The van der Waals surface area contributed by atoms with Crippen LogP contribution in [0.2, 0.25) is 0 Å².